The molecule has 3 aromatic rings. The summed E-state index contributed by atoms with van der Waals surface area (Å²) in [6.07, 6.45) is 0.544. The van der Waals surface area contributed by atoms with Crippen LogP contribution in [0.25, 0.3) is 0 Å². The summed E-state index contributed by atoms with van der Waals surface area (Å²) in [5, 5.41) is 9.17. The summed E-state index contributed by atoms with van der Waals surface area (Å²) in [5.41, 5.74) is 3.27. The van der Waals surface area contributed by atoms with Gasteiger partial charge in [0, 0.05) is 17.5 Å². The van der Waals surface area contributed by atoms with Gasteiger partial charge in [-0.05, 0) is 42.6 Å². The molecule has 0 bridgehead atoms. The number of ether oxygens (including phenoxy) is 3. The maximum Gasteiger partial charge on any atom is 0.214 e. The third-order valence-corrected chi connectivity index (χ3v) is 6.20. The Hall–Kier alpha value is -2.99. The smallest absolute Gasteiger partial charge is 0.214 e. The Balaban J connectivity index is 1.57. The summed E-state index contributed by atoms with van der Waals surface area (Å²) in [4.78, 5) is 1.21. The second-order valence-corrected chi connectivity index (χ2v) is 7.92. The fourth-order valence-corrected chi connectivity index (χ4v) is 4.68. The number of hydrogen-bond acceptors (Lipinski definition) is 6. The second-order valence-electron chi connectivity index (χ2n) is 6.98. The van der Waals surface area contributed by atoms with Crippen LogP contribution in [0.5, 0.6) is 17.2 Å². The number of methoxy groups -OCH3 is 1. The number of nitrogens with zero attached hydrogens (tertiary/aromatic N) is 2. The van der Waals surface area contributed by atoms with E-state index in [0.29, 0.717) is 12.4 Å². The lowest BCUT2D eigenvalue weighted by molar-refractivity contribution is -0.0191. The molecule has 0 spiro atoms. The molecule has 0 unspecified atom stereocenters. The number of benzene rings is 2. The van der Waals surface area contributed by atoms with Crippen LogP contribution < -0.4 is 14.2 Å². The van der Waals surface area contributed by atoms with Crippen LogP contribution in [-0.2, 0) is 0 Å². The molecule has 6 heteroatoms. The molecule has 29 heavy (non-hydrogen) atoms. The largest absolute Gasteiger partial charge is 0.493 e. The Kier molecular flexibility index (Phi) is 4.64. The first kappa shape index (κ1) is 18.1. The van der Waals surface area contributed by atoms with Crippen molar-refractivity contribution in [2.24, 2.45) is 5.10 Å². The minimum atomic E-state index is -0.322. The van der Waals surface area contributed by atoms with Crippen molar-refractivity contribution in [3.63, 3.8) is 0 Å². The average molecular weight is 407 g/mol. The summed E-state index contributed by atoms with van der Waals surface area (Å²) >= 11 is 1.72. The molecule has 5 rings (SSSR count). The molecule has 2 atom stereocenters. The zero-order chi connectivity index (χ0) is 19.8. The number of thiophene rings is 1. The van der Waals surface area contributed by atoms with Crippen LogP contribution in [0.4, 0.5) is 0 Å². The molecule has 1 aromatic heterocycles. The van der Waals surface area contributed by atoms with E-state index in [1.807, 2.05) is 37.3 Å². The monoisotopic (exact) mass is 406 g/mol. The lowest BCUT2D eigenvalue weighted by Gasteiger charge is -2.38. The van der Waals surface area contributed by atoms with Crippen LogP contribution in [0.15, 0.2) is 65.1 Å². The number of hydrazone groups is 1. The van der Waals surface area contributed by atoms with Gasteiger partial charge in [0.15, 0.2) is 11.5 Å². The van der Waals surface area contributed by atoms with E-state index >= 15 is 0 Å². The molecular formula is C23H22N2O3S. The van der Waals surface area contributed by atoms with Gasteiger partial charge in [0.05, 0.1) is 30.3 Å². The lowest BCUT2D eigenvalue weighted by Crippen LogP contribution is -2.33. The minimum absolute atomic E-state index is 0.152. The van der Waals surface area contributed by atoms with E-state index in [2.05, 4.69) is 34.7 Å². The van der Waals surface area contributed by atoms with Crippen molar-refractivity contribution in [1.82, 2.24) is 5.01 Å². The number of hydrogen-bond donors (Lipinski definition) is 0. The first-order valence-electron chi connectivity index (χ1n) is 9.74. The molecule has 3 heterocycles. The van der Waals surface area contributed by atoms with Gasteiger partial charge in [-0.3, -0.25) is 0 Å². The molecule has 0 amide bonds. The highest BCUT2D eigenvalue weighted by Crippen LogP contribution is 2.48. The predicted octanol–water partition coefficient (Wildman–Crippen LogP) is 5.40. The Morgan fingerprint density at radius 3 is 2.83 bits per heavy atom. The third kappa shape index (κ3) is 3.13. The highest BCUT2D eigenvalue weighted by atomic mass is 32.1. The molecule has 148 valence electrons. The van der Waals surface area contributed by atoms with Gasteiger partial charge in [-0.1, -0.05) is 24.3 Å². The average Bonchev–Trinajstić information content (AvgIpc) is 3.44. The van der Waals surface area contributed by atoms with Crippen molar-refractivity contribution in [3.05, 3.63) is 76.0 Å². The maximum atomic E-state index is 6.42. The Morgan fingerprint density at radius 2 is 2.03 bits per heavy atom. The van der Waals surface area contributed by atoms with Crippen LogP contribution in [0.3, 0.4) is 0 Å². The summed E-state index contributed by atoms with van der Waals surface area (Å²) in [5.74, 6) is 2.34. The first-order valence-corrected chi connectivity index (χ1v) is 10.6. The fraction of sp³-hybridized carbons (Fsp3) is 0.261. The molecule has 2 aliphatic heterocycles. The van der Waals surface area contributed by atoms with Gasteiger partial charge in [-0.15, -0.1) is 11.3 Å². The van der Waals surface area contributed by atoms with E-state index in [9.17, 15) is 0 Å². The van der Waals surface area contributed by atoms with Gasteiger partial charge in [0.25, 0.3) is 0 Å². The second kappa shape index (κ2) is 7.44. The van der Waals surface area contributed by atoms with Crippen molar-refractivity contribution in [2.45, 2.75) is 25.6 Å². The highest BCUT2D eigenvalue weighted by molar-refractivity contribution is 7.12. The molecule has 0 fully saturated rings. The van der Waals surface area contributed by atoms with E-state index in [1.165, 1.54) is 10.4 Å². The van der Waals surface area contributed by atoms with Crippen LogP contribution in [0.2, 0.25) is 0 Å². The molecule has 2 aromatic carbocycles. The van der Waals surface area contributed by atoms with E-state index in [1.54, 1.807) is 18.4 Å². The zero-order valence-electron chi connectivity index (χ0n) is 16.4. The summed E-state index contributed by atoms with van der Waals surface area (Å²) in [7, 11) is 1.66. The molecular weight excluding hydrogens is 384 g/mol. The van der Waals surface area contributed by atoms with Crippen LogP contribution in [0, 0.1) is 0 Å². The predicted molar refractivity (Wildman–Crippen MR) is 114 cm³/mol. The van der Waals surface area contributed by atoms with Gasteiger partial charge >= 0.3 is 0 Å². The number of para-hydroxylation sites is 1. The Morgan fingerprint density at radius 1 is 1.14 bits per heavy atom. The molecule has 0 saturated heterocycles. The molecule has 2 aliphatic rings. The van der Waals surface area contributed by atoms with Crippen molar-refractivity contribution in [1.29, 1.82) is 0 Å². The SMILES string of the molecule is CCOc1ccc([C@@H]2Oc3ccccc3[C@@H]3CC(c4cccs4)=NN32)cc1OC. The Bertz CT molecular complexity index is 1050. The van der Waals surface area contributed by atoms with E-state index in [0.717, 1.165) is 29.2 Å². The maximum absolute atomic E-state index is 6.42. The molecule has 0 N–H and O–H groups in total. The van der Waals surface area contributed by atoms with E-state index in [-0.39, 0.29) is 12.3 Å². The number of fused-ring (bicyclic) bond motifs is 3. The first-order chi connectivity index (χ1) is 14.3. The van der Waals surface area contributed by atoms with Crippen molar-refractivity contribution >= 4 is 17.0 Å². The topological polar surface area (TPSA) is 43.3 Å². The van der Waals surface area contributed by atoms with E-state index in [4.69, 9.17) is 19.3 Å². The highest BCUT2D eigenvalue weighted by Gasteiger charge is 2.41. The van der Waals surface area contributed by atoms with Gasteiger partial charge < -0.3 is 14.2 Å². The van der Waals surface area contributed by atoms with Gasteiger partial charge in [-0.25, -0.2) is 5.01 Å². The quantitative estimate of drug-likeness (QED) is 0.569. The van der Waals surface area contributed by atoms with Gasteiger partial charge in [0.1, 0.15) is 5.75 Å². The fourth-order valence-electron chi connectivity index (χ4n) is 3.96. The van der Waals surface area contributed by atoms with Crippen molar-refractivity contribution in [3.8, 4) is 17.2 Å². The molecule has 0 radical (unpaired) electrons. The standard InChI is InChI=1S/C23H22N2O3S/c1-3-27-20-11-10-15(13-21(20)26-2)23-25-18(16-7-4-5-8-19(16)28-23)14-17(24-25)22-9-6-12-29-22/h4-13,18,23H,3,14H2,1-2H3/t18-,23-/m0/s1. The normalized spacial score (nSPS) is 19.8. The lowest BCUT2D eigenvalue weighted by atomic mass is 9.97. The Labute approximate surface area is 174 Å². The zero-order valence-corrected chi connectivity index (χ0v) is 17.2. The summed E-state index contributed by atoms with van der Waals surface area (Å²) in [6.45, 7) is 2.55. The van der Waals surface area contributed by atoms with Gasteiger partial charge in [0.2, 0.25) is 6.23 Å². The third-order valence-electron chi connectivity index (χ3n) is 5.28. The number of rotatable bonds is 5. The minimum Gasteiger partial charge on any atom is -0.493 e. The van der Waals surface area contributed by atoms with Crippen molar-refractivity contribution in [2.75, 3.05) is 13.7 Å². The van der Waals surface area contributed by atoms with Crippen LogP contribution >= 0.6 is 11.3 Å². The summed E-state index contributed by atoms with van der Waals surface area (Å²) < 4.78 is 17.7. The van der Waals surface area contributed by atoms with E-state index < -0.39 is 0 Å². The molecule has 5 nitrogen and oxygen atoms in total. The van der Waals surface area contributed by atoms with Crippen molar-refractivity contribution < 1.29 is 14.2 Å². The van der Waals surface area contributed by atoms with Gasteiger partial charge in [-0.2, -0.15) is 5.10 Å². The van der Waals surface area contributed by atoms with Crippen LogP contribution in [-0.4, -0.2) is 24.4 Å². The summed E-state index contributed by atoms with van der Waals surface area (Å²) in [6, 6.07) is 18.5. The molecule has 0 saturated carbocycles. The molecule has 0 aliphatic carbocycles. The van der Waals surface area contributed by atoms with Crippen LogP contribution in [0.1, 0.15) is 41.6 Å².